The van der Waals surface area contributed by atoms with E-state index in [9.17, 15) is 0 Å². The van der Waals surface area contributed by atoms with E-state index in [-0.39, 0.29) is 0 Å². The predicted octanol–water partition coefficient (Wildman–Crippen LogP) is 3.63. The summed E-state index contributed by atoms with van der Waals surface area (Å²) in [6.07, 6.45) is 0. The molecule has 2 nitrogen and oxygen atoms in total. The van der Waals surface area contributed by atoms with Gasteiger partial charge in [-0.3, -0.25) is 0 Å². The van der Waals surface area contributed by atoms with Gasteiger partial charge in [-0.1, -0.05) is 17.7 Å². The van der Waals surface area contributed by atoms with Gasteiger partial charge < -0.3 is 5.73 Å². The third-order valence-electron chi connectivity index (χ3n) is 2.28. The standard InChI is InChI=1S/C12H14N2S2/c1-8-3-4-11(9(2)5-8)15-6-10-7-16-12(13)14-10/h3-5,7H,6H2,1-2H3,(H2,13,14). The third kappa shape index (κ3) is 2.77. The maximum absolute atomic E-state index is 5.60. The zero-order valence-electron chi connectivity index (χ0n) is 9.36. The Morgan fingerprint density at radius 1 is 1.38 bits per heavy atom. The van der Waals surface area contributed by atoms with Gasteiger partial charge in [0.05, 0.1) is 5.69 Å². The molecule has 1 aromatic heterocycles. The minimum atomic E-state index is 0.649. The molecule has 0 aliphatic carbocycles. The van der Waals surface area contributed by atoms with E-state index >= 15 is 0 Å². The summed E-state index contributed by atoms with van der Waals surface area (Å²) in [4.78, 5) is 5.57. The van der Waals surface area contributed by atoms with Gasteiger partial charge >= 0.3 is 0 Å². The predicted molar refractivity (Wildman–Crippen MR) is 72.0 cm³/mol. The molecular weight excluding hydrogens is 236 g/mol. The van der Waals surface area contributed by atoms with Gasteiger partial charge in [-0.2, -0.15) is 0 Å². The van der Waals surface area contributed by atoms with Crippen molar-refractivity contribution in [2.24, 2.45) is 0 Å². The molecule has 0 radical (unpaired) electrons. The summed E-state index contributed by atoms with van der Waals surface area (Å²) in [5, 5.41) is 2.67. The van der Waals surface area contributed by atoms with Gasteiger partial charge in [-0.25, -0.2) is 4.98 Å². The number of nitrogens with zero attached hydrogens (tertiary/aromatic N) is 1. The first-order chi connectivity index (χ1) is 7.65. The summed E-state index contributed by atoms with van der Waals surface area (Å²) in [5.41, 5.74) is 9.29. The van der Waals surface area contributed by atoms with E-state index in [1.165, 1.54) is 27.4 Å². The molecule has 1 heterocycles. The van der Waals surface area contributed by atoms with E-state index in [0.717, 1.165) is 11.4 Å². The monoisotopic (exact) mass is 250 g/mol. The highest BCUT2D eigenvalue weighted by molar-refractivity contribution is 7.98. The van der Waals surface area contributed by atoms with E-state index in [1.807, 2.05) is 17.1 Å². The number of thiazole rings is 1. The van der Waals surface area contributed by atoms with Crippen molar-refractivity contribution in [1.82, 2.24) is 4.98 Å². The van der Waals surface area contributed by atoms with Crippen LogP contribution in [0.1, 0.15) is 16.8 Å². The minimum absolute atomic E-state index is 0.649. The molecule has 1 aromatic carbocycles. The van der Waals surface area contributed by atoms with Crippen molar-refractivity contribution in [3.8, 4) is 0 Å². The highest BCUT2D eigenvalue weighted by Gasteiger charge is 2.02. The Kier molecular flexibility index (Phi) is 3.51. The maximum atomic E-state index is 5.60. The van der Waals surface area contributed by atoms with Gasteiger partial charge in [0.25, 0.3) is 0 Å². The number of aromatic nitrogens is 1. The molecule has 0 saturated heterocycles. The Labute approximate surface area is 104 Å². The van der Waals surface area contributed by atoms with E-state index in [0.29, 0.717) is 5.13 Å². The van der Waals surface area contributed by atoms with Crippen LogP contribution in [-0.4, -0.2) is 4.98 Å². The van der Waals surface area contributed by atoms with Crippen LogP contribution in [0.4, 0.5) is 5.13 Å². The summed E-state index contributed by atoms with van der Waals surface area (Å²) in [5.74, 6) is 0.887. The fourth-order valence-corrected chi connectivity index (χ4v) is 3.07. The zero-order valence-corrected chi connectivity index (χ0v) is 11.0. The summed E-state index contributed by atoms with van der Waals surface area (Å²) >= 11 is 3.31. The highest BCUT2D eigenvalue weighted by atomic mass is 32.2. The van der Waals surface area contributed by atoms with Crippen LogP contribution in [0.5, 0.6) is 0 Å². The number of thioether (sulfide) groups is 1. The third-order valence-corrected chi connectivity index (χ3v) is 4.21. The van der Waals surface area contributed by atoms with Gasteiger partial charge in [0.2, 0.25) is 0 Å². The lowest BCUT2D eigenvalue weighted by Crippen LogP contribution is -1.86. The summed E-state index contributed by atoms with van der Waals surface area (Å²) in [7, 11) is 0. The zero-order chi connectivity index (χ0) is 11.5. The van der Waals surface area contributed by atoms with Crippen molar-refractivity contribution < 1.29 is 0 Å². The summed E-state index contributed by atoms with van der Waals surface area (Å²) in [6.45, 7) is 4.26. The minimum Gasteiger partial charge on any atom is -0.375 e. The normalized spacial score (nSPS) is 10.6. The summed E-state index contributed by atoms with van der Waals surface area (Å²) < 4.78 is 0. The molecule has 4 heteroatoms. The molecule has 0 aliphatic rings. The van der Waals surface area contributed by atoms with Gasteiger partial charge in [0.15, 0.2) is 5.13 Å². The SMILES string of the molecule is Cc1ccc(SCc2csc(N)n2)c(C)c1. The molecule has 0 bridgehead atoms. The molecule has 2 aromatic rings. The lowest BCUT2D eigenvalue weighted by Gasteiger charge is -2.05. The fraction of sp³-hybridized carbons (Fsp3) is 0.250. The Morgan fingerprint density at radius 3 is 2.81 bits per heavy atom. The van der Waals surface area contributed by atoms with Crippen LogP contribution >= 0.6 is 23.1 Å². The molecule has 0 unspecified atom stereocenters. The van der Waals surface area contributed by atoms with Gasteiger partial charge in [-0.15, -0.1) is 23.1 Å². The lowest BCUT2D eigenvalue weighted by molar-refractivity contribution is 1.22. The molecule has 84 valence electrons. The molecule has 0 atom stereocenters. The van der Waals surface area contributed by atoms with Crippen LogP contribution in [0.3, 0.4) is 0 Å². The highest BCUT2D eigenvalue weighted by Crippen LogP contribution is 2.27. The first-order valence-electron chi connectivity index (χ1n) is 5.05. The molecule has 0 amide bonds. The quantitative estimate of drug-likeness (QED) is 0.845. The first-order valence-corrected chi connectivity index (χ1v) is 6.91. The molecule has 16 heavy (non-hydrogen) atoms. The number of benzene rings is 1. The van der Waals surface area contributed by atoms with Crippen molar-refractivity contribution in [3.05, 3.63) is 40.4 Å². The van der Waals surface area contributed by atoms with Crippen LogP contribution in [-0.2, 0) is 5.75 Å². The number of aryl methyl sites for hydroxylation is 2. The van der Waals surface area contributed by atoms with Gasteiger partial charge in [-0.05, 0) is 25.5 Å². The fourth-order valence-electron chi connectivity index (χ4n) is 1.50. The molecule has 0 aliphatic heterocycles. The number of hydrogen-bond donors (Lipinski definition) is 1. The van der Waals surface area contributed by atoms with Crippen LogP contribution in [0.2, 0.25) is 0 Å². The van der Waals surface area contributed by atoms with Crippen LogP contribution in [0.15, 0.2) is 28.5 Å². The Balaban J connectivity index is 2.04. The Hall–Kier alpha value is -1.00. The second-order valence-electron chi connectivity index (χ2n) is 3.73. The van der Waals surface area contributed by atoms with Crippen molar-refractivity contribution in [2.75, 3.05) is 5.73 Å². The second-order valence-corrected chi connectivity index (χ2v) is 5.64. The van der Waals surface area contributed by atoms with E-state index < -0.39 is 0 Å². The summed E-state index contributed by atoms with van der Waals surface area (Å²) in [6, 6.07) is 6.52. The van der Waals surface area contributed by atoms with E-state index in [2.05, 4.69) is 37.0 Å². The average Bonchev–Trinajstić information content (AvgIpc) is 2.63. The smallest absolute Gasteiger partial charge is 0.180 e. The van der Waals surface area contributed by atoms with Crippen LogP contribution < -0.4 is 5.73 Å². The van der Waals surface area contributed by atoms with E-state index in [1.54, 1.807) is 0 Å². The Bertz CT molecular complexity index is 492. The second kappa shape index (κ2) is 4.89. The molecule has 0 spiro atoms. The number of rotatable bonds is 3. The molecule has 0 fully saturated rings. The number of hydrogen-bond acceptors (Lipinski definition) is 4. The van der Waals surface area contributed by atoms with Crippen LogP contribution in [0.25, 0.3) is 0 Å². The lowest BCUT2D eigenvalue weighted by atomic mass is 10.2. The molecule has 2 N–H and O–H groups in total. The average molecular weight is 250 g/mol. The largest absolute Gasteiger partial charge is 0.375 e. The first kappa shape index (κ1) is 11.5. The number of anilines is 1. The molecule has 2 rings (SSSR count). The van der Waals surface area contributed by atoms with Crippen molar-refractivity contribution in [2.45, 2.75) is 24.5 Å². The Morgan fingerprint density at radius 2 is 2.19 bits per heavy atom. The van der Waals surface area contributed by atoms with Crippen molar-refractivity contribution >= 4 is 28.2 Å². The van der Waals surface area contributed by atoms with Gasteiger partial charge in [0.1, 0.15) is 0 Å². The van der Waals surface area contributed by atoms with Gasteiger partial charge in [0, 0.05) is 16.0 Å². The van der Waals surface area contributed by atoms with Crippen LogP contribution in [0, 0.1) is 13.8 Å². The van der Waals surface area contributed by atoms with E-state index in [4.69, 9.17) is 5.73 Å². The maximum Gasteiger partial charge on any atom is 0.180 e. The van der Waals surface area contributed by atoms with Crippen molar-refractivity contribution in [1.29, 1.82) is 0 Å². The number of nitrogen functional groups attached to an aromatic ring is 1. The van der Waals surface area contributed by atoms with Crippen molar-refractivity contribution in [3.63, 3.8) is 0 Å². The molecular formula is C12H14N2S2. The molecule has 0 saturated carbocycles. The number of nitrogens with two attached hydrogens (primary N) is 1. The topological polar surface area (TPSA) is 38.9 Å².